The fourth-order valence-corrected chi connectivity index (χ4v) is 6.04. The highest BCUT2D eigenvalue weighted by Gasteiger charge is 2.64. The minimum atomic E-state index is -0.810. The second-order valence-electron chi connectivity index (χ2n) is 7.98. The van der Waals surface area contributed by atoms with Gasteiger partial charge in [-0.2, -0.15) is 0 Å². The van der Waals surface area contributed by atoms with Gasteiger partial charge in [-0.25, -0.2) is 0 Å². The Morgan fingerprint density at radius 3 is 2.66 bits per heavy atom. The van der Waals surface area contributed by atoms with Crippen LogP contribution in [0.4, 0.5) is 0 Å². The summed E-state index contributed by atoms with van der Waals surface area (Å²) in [6, 6.07) is 16.7. The van der Waals surface area contributed by atoms with E-state index in [1.165, 1.54) is 0 Å². The van der Waals surface area contributed by atoms with E-state index in [0.29, 0.717) is 12.2 Å². The van der Waals surface area contributed by atoms with E-state index in [4.69, 9.17) is 9.47 Å². The van der Waals surface area contributed by atoms with Crippen molar-refractivity contribution in [1.82, 2.24) is 4.90 Å². The van der Waals surface area contributed by atoms with Gasteiger partial charge in [-0.3, -0.25) is 9.59 Å². The predicted molar refractivity (Wildman–Crippen MR) is 109 cm³/mol. The maximum Gasteiger partial charge on any atom is 0.218 e. The molecule has 0 unspecified atom stereocenters. The van der Waals surface area contributed by atoms with Gasteiger partial charge in [-0.15, -0.1) is 0 Å². The third-order valence-corrected chi connectivity index (χ3v) is 7.22. The number of benzene rings is 2. The van der Waals surface area contributed by atoms with Crippen LogP contribution >= 0.6 is 15.9 Å². The number of halogens is 1. The summed E-state index contributed by atoms with van der Waals surface area (Å²) in [6.45, 7) is 0.350. The van der Waals surface area contributed by atoms with Crippen molar-refractivity contribution in [3.8, 4) is 0 Å². The van der Waals surface area contributed by atoms with Crippen LogP contribution in [0.2, 0.25) is 0 Å². The molecule has 0 aliphatic carbocycles. The van der Waals surface area contributed by atoms with E-state index in [-0.39, 0.29) is 35.5 Å². The summed E-state index contributed by atoms with van der Waals surface area (Å²) >= 11 is 3.68. The Kier molecular flexibility index (Phi) is 3.85. The number of hydrogen-bond donors (Lipinski definition) is 0. The zero-order valence-electron chi connectivity index (χ0n) is 15.4. The van der Waals surface area contributed by atoms with Crippen molar-refractivity contribution in [2.24, 2.45) is 11.8 Å². The van der Waals surface area contributed by atoms with E-state index in [2.05, 4.69) is 26.9 Å². The van der Waals surface area contributed by atoms with E-state index in [9.17, 15) is 9.59 Å². The Balaban J connectivity index is 1.54. The largest absolute Gasteiger partial charge is 0.358 e. The van der Waals surface area contributed by atoms with Gasteiger partial charge in [0.15, 0.2) is 11.6 Å². The number of hydrogen-bond acceptors (Lipinski definition) is 5. The van der Waals surface area contributed by atoms with Crippen molar-refractivity contribution >= 4 is 32.0 Å². The number of carbonyl (C=O) groups is 2. The van der Waals surface area contributed by atoms with Crippen LogP contribution in [-0.2, 0) is 14.3 Å². The summed E-state index contributed by atoms with van der Waals surface area (Å²) in [6.07, 6.45) is 0.916. The predicted octanol–water partition coefficient (Wildman–Crippen LogP) is 3.56. The SMILES string of the molecule is O=C1[C@H]2OC[C@@H](O2)[C@@H]2[C@@H]1[C@@H]1c3ccccc3C(Br)=CN1[C@H]2C(=O)c1ccccc1. The molecular weight excluding hydrogens is 434 g/mol. The van der Waals surface area contributed by atoms with Crippen LogP contribution in [-0.4, -0.2) is 41.5 Å². The molecule has 4 aliphatic heterocycles. The molecule has 6 heteroatoms. The summed E-state index contributed by atoms with van der Waals surface area (Å²) in [4.78, 5) is 29.0. The first-order chi connectivity index (χ1) is 14.1. The highest BCUT2D eigenvalue weighted by molar-refractivity contribution is 9.15. The molecule has 0 saturated carbocycles. The third-order valence-electron chi connectivity index (χ3n) is 6.59. The molecule has 0 spiro atoms. The molecule has 6 atom stereocenters. The first-order valence-electron chi connectivity index (χ1n) is 9.79. The monoisotopic (exact) mass is 451 g/mol. The van der Waals surface area contributed by atoms with E-state index < -0.39 is 12.3 Å². The van der Waals surface area contributed by atoms with Gasteiger partial charge in [0.1, 0.15) is 0 Å². The summed E-state index contributed by atoms with van der Waals surface area (Å²) in [5.41, 5.74) is 2.77. The molecule has 146 valence electrons. The molecule has 0 aromatic heterocycles. The molecule has 0 N–H and O–H groups in total. The van der Waals surface area contributed by atoms with E-state index >= 15 is 0 Å². The summed E-state index contributed by atoms with van der Waals surface area (Å²) < 4.78 is 12.4. The Morgan fingerprint density at radius 1 is 1.07 bits per heavy atom. The van der Waals surface area contributed by atoms with Gasteiger partial charge in [0.25, 0.3) is 0 Å². The summed E-state index contributed by atoms with van der Waals surface area (Å²) in [5.74, 6) is -0.623. The summed E-state index contributed by atoms with van der Waals surface area (Å²) in [5, 5.41) is 0. The highest BCUT2D eigenvalue weighted by Crippen LogP contribution is 2.56. The second kappa shape index (κ2) is 6.36. The minimum absolute atomic E-state index is 0.0146. The molecule has 2 aromatic carbocycles. The molecule has 3 fully saturated rings. The lowest BCUT2D eigenvalue weighted by Gasteiger charge is -2.35. The molecule has 2 bridgehead atoms. The number of fused-ring (bicyclic) bond motifs is 8. The van der Waals surface area contributed by atoms with Crippen molar-refractivity contribution in [2.45, 2.75) is 24.5 Å². The third kappa shape index (κ3) is 2.40. The van der Waals surface area contributed by atoms with Gasteiger partial charge < -0.3 is 14.4 Å². The van der Waals surface area contributed by atoms with Crippen LogP contribution in [0, 0.1) is 11.8 Å². The van der Waals surface area contributed by atoms with Gasteiger partial charge in [-0.1, -0.05) is 54.6 Å². The maximum atomic E-state index is 13.7. The first-order valence-corrected chi connectivity index (χ1v) is 10.6. The quantitative estimate of drug-likeness (QED) is 0.653. The normalized spacial score (nSPS) is 34.3. The van der Waals surface area contributed by atoms with E-state index in [1.807, 2.05) is 54.7 Å². The molecule has 0 amide bonds. The molecule has 4 aliphatic rings. The standard InChI is InChI=1S/C23H18BrNO4/c24-15-10-25-19(14-9-5-4-8-13(14)15)18-17(16-11-28-23(29-16)22(18)27)20(25)21(26)12-6-2-1-3-7-12/h1-10,16-20,23H,11H2/t16-,17-,18-,19+,20-,23+/m1/s1. The minimum Gasteiger partial charge on any atom is -0.358 e. The fraction of sp³-hybridized carbons (Fsp3) is 0.304. The topological polar surface area (TPSA) is 55.8 Å². The van der Waals surface area contributed by atoms with Crippen molar-refractivity contribution in [1.29, 1.82) is 0 Å². The zero-order valence-corrected chi connectivity index (χ0v) is 17.0. The number of carbonyl (C=O) groups excluding carboxylic acids is 2. The van der Waals surface area contributed by atoms with Crippen LogP contribution in [0.5, 0.6) is 0 Å². The van der Waals surface area contributed by atoms with Gasteiger partial charge >= 0.3 is 0 Å². The lowest BCUT2D eigenvalue weighted by Crippen LogP contribution is -2.48. The number of ether oxygens (including phenoxy) is 2. The van der Waals surface area contributed by atoms with Crippen molar-refractivity contribution in [3.05, 3.63) is 77.5 Å². The van der Waals surface area contributed by atoms with Crippen LogP contribution in [0.3, 0.4) is 0 Å². The van der Waals surface area contributed by atoms with E-state index in [1.54, 1.807) is 0 Å². The van der Waals surface area contributed by atoms with Gasteiger partial charge in [0.05, 0.1) is 30.7 Å². The Hall–Kier alpha value is -2.28. The fourth-order valence-electron chi connectivity index (χ4n) is 5.44. The van der Waals surface area contributed by atoms with Crippen LogP contribution in [0.25, 0.3) is 4.48 Å². The smallest absolute Gasteiger partial charge is 0.218 e. The Bertz CT molecular complexity index is 1050. The van der Waals surface area contributed by atoms with Crippen molar-refractivity contribution in [2.75, 3.05) is 6.61 Å². The van der Waals surface area contributed by atoms with E-state index in [0.717, 1.165) is 15.6 Å². The molecule has 5 nitrogen and oxygen atoms in total. The molecule has 0 radical (unpaired) electrons. The van der Waals surface area contributed by atoms with Gasteiger partial charge in [-0.05, 0) is 27.1 Å². The average molecular weight is 452 g/mol. The van der Waals surface area contributed by atoms with Crippen molar-refractivity contribution < 1.29 is 19.1 Å². The van der Waals surface area contributed by atoms with Gasteiger partial charge in [0.2, 0.25) is 6.29 Å². The van der Waals surface area contributed by atoms with Crippen LogP contribution in [0.1, 0.15) is 27.5 Å². The number of ketones is 2. The molecule has 6 rings (SSSR count). The van der Waals surface area contributed by atoms with Gasteiger partial charge in [0, 0.05) is 22.2 Å². The van der Waals surface area contributed by atoms with Crippen molar-refractivity contribution in [3.63, 3.8) is 0 Å². The molecule has 2 aromatic rings. The molecule has 4 heterocycles. The number of rotatable bonds is 2. The Labute approximate surface area is 176 Å². The number of nitrogens with zero attached hydrogens (tertiary/aromatic N) is 1. The summed E-state index contributed by atoms with van der Waals surface area (Å²) in [7, 11) is 0. The molecule has 29 heavy (non-hydrogen) atoms. The Morgan fingerprint density at radius 2 is 1.83 bits per heavy atom. The highest BCUT2D eigenvalue weighted by atomic mass is 79.9. The number of Topliss-reactive ketones (excluding diaryl/α,β-unsaturated/α-hetero) is 2. The van der Waals surface area contributed by atoms with Crippen LogP contribution < -0.4 is 0 Å². The second-order valence-corrected chi connectivity index (χ2v) is 8.83. The zero-order chi connectivity index (χ0) is 19.7. The molecular formula is C23H18BrNO4. The first kappa shape index (κ1) is 17.6. The lowest BCUT2D eigenvalue weighted by molar-refractivity contribution is -0.164. The molecule has 3 saturated heterocycles. The van der Waals surface area contributed by atoms with Crippen LogP contribution in [0.15, 0.2) is 60.8 Å². The maximum absolute atomic E-state index is 13.7. The lowest BCUT2D eigenvalue weighted by atomic mass is 9.75. The average Bonchev–Trinajstić information content (AvgIpc) is 3.34.